The van der Waals surface area contributed by atoms with E-state index in [0.717, 1.165) is 0 Å². The van der Waals surface area contributed by atoms with Crippen LogP contribution in [0, 0.1) is 0 Å². The van der Waals surface area contributed by atoms with Crippen molar-refractivity contribution in [1.82, 2.24) is 51.9 Å². The number of nitrogens with one attached hydrogen (secondary N) is 10. The maximum absolute atomic E-state index is 13.3. The Morgan fingerprint density at radius 1 is 0.435 bits per heavy atom. The predicted octanol–water partition coefficient (Wildman–Crippen LogP) is 1.63. The van der Waals surface area contributed by atoms with Crippen LogP contribution in [0.4, 0.5) is 58.0 Å². The quantitative estimate of drug-likeness (QED) is 0.0367. The Hall–Kier alpha value is -11.2. The number of aliphatic carboxylic acids is 1. The van der Waals surface area contributed by atoms with Crippen LogP contribution in [0.25, 0.3) is 0 Å². The van der Waals surface area contributed by atoms with E-state index in [1.165, 1.54) is 85.3 Å². The number of amides is 10. The number of aromatic nitrogens is 11. The number of hydrogen-bond acceptors (Lipinski definition) is 16. The first-order valence-electron chi connectivity index (χ1n) is 25.8. The third-order valence-electron chi connectivity index (χ3n) is 12.3. The van der Waals surface area contributed by atoms with Gasteiger partial charge in [0.25, 0.3) is 23.6 Å². The number of nitrogens with zero attached hydrogens (tertiary/aromatic N) is 11. The zero-order valence-corrected chi connectivity index (χ0v) is 46.9. The minimum Gasteiger partial charge on any atom is -0.481 e. The molecule has 12 N–H and O–H groups in total. The van der Waals surface area contributed by atoms with Crippen molar-refractivity contribution in [3.63, 3.8) is 0 Å². The number of rotatable bonds is 26. The molecule has 0 aromatic carbocycles. The Morgan fingerprint density at radius 3 is 1.47 bits per heavy atom. The molecule has 0 spiro atoms. The maximum atomic E-state index is 13.3. The van der Waals surface area contributed by atoms with Gasteiger partial charge in [0.2, 0.25) is 53.2 Å². The van der Waals surface area contributed by atoms with Crippen LogP contribution in [0.3, 0.4) is 0 Å². The smallest absolute Gasteiger partial charge is 0.303 e. The molecule has 0 bridgehead atoms. The highest BCUT2D eigenvalue weighted by Crippen LogP contribution is 2.23. The highest BCUT2D eigenvalue weighted by Gasteiger charge is 2.24. The van der Waals surface area contributed by atoms with Gasteiger partial charge in [0.1, 0.15) is 23.4 Å². The SMILES string of the molecule is Cn1cc(NC(=O)c2nc(NC(=O)[C@@H](O)CC(=O)Nc3cc(NC(=O)c4nccn4C)cn3C)cn2C)cc1NC(=O)CCCC(=O)Nc1cn(C)c(NC(=O)CCC(=O)Nc2cc(C(=O)Nc3cn(C)c(NC(=O)CCC(=O)O)n3)n(C)c2)n1. The number of hydrogen-bond donors (Lipinski definition) is 12. The molecule has 85 heavy (non-hydrogen) atoms. The van der Waals surface area contributed by atoms with Crippen molar-refractivity contribution >= 4 is 123 Å². The van der Waals surface area contributed by atoms with Crippen molar-refractivity contribution in [3.8, 4) is 0 Å². The fourth-order valence-electron chi connectivity index (χ4n) is 8.07. The first-order chi connectivity index (χ1) is 40.3. The average Bonchev–Trinajstić information content (AvgIpc) is 4.48. The monoisotopic (exact) mass is 1180 g/mol. The van der Waals surface area contributed by atoms with Gasteiger partial charge in [-0.05, 0) is 12.5 Å². The molecule has 7 aromatic rings. The Bertz CT molecular complexity index is 3740. The van der Waals surface area contributed by atoms with E-state index in [9.17, 15) is 57.8 Å². The van der Waals surface area contributed by atoms with E-state index in [2.05, 4.69) is 73.1 Å². The van der Waals surface area contributed by atoms with E-state index in [1.54, 1.807) is 63.8 Å². The Kier molecular flexibility index (Phi) is 19.6. The van der Waals surface area contributed by atoms with E-state index >= 15 is 0 Å². The lowest BCUT2D eigenvalue weighted by molar-refractivity contribution is -0.138. The number of aliphatic hydroxyl groups excluding tert-OH is 1. The number of carboxylic acid groups (broad SMARTS) is 1. The van der Waals surface area contributed by atoms with Crippen molar-refractivity contribution < 1.29 is 63.0 Å². The van der Waals surface area contributed by atoms with E-state index in [-0.39, 0.29) is 109 Å². The van der Waals surface area contributed by atoms with E-state index < -0.39 is 77.6 Å². The highest BCUT2D eigenvalue weighted by molar-refractivity contribution is 6.06. The van der Waals surface area contributed by atoms with Gasteiger partial charge in [-0.2, -0.15) is 9.97 Å². The van der Waals surface area contributed by atoms with Crippen LogP contribution in [0.1, 0.15) is 83.1 Å². The van der Waals surface area contributed by atoms with Crippen LogP contribution in [0.15, 0.2) is 67.8 Å². The second-order valence-corrected chi connectivity index (χ2v) is 19.3. The molecule has 1 atom stereocenters. The fourth-order valence-corrected chi connectivity index (χ4v) is 8.07. The molecular weight excluding hydrogens is 1110 g/mol. The molecule has 0 saturated heterocycles. The zero-order chi connectivity index (χ0) is 61.8. The van der Waals surface area contributed by atoms with Gasteiger partial charge < -0.3 is 84.7 Å². The number of carboxylic acids is 1. The normalized spacial score (nSPS) is 11.2. The minimum atomic E-state index is -1.80. The Balaban J connectivity index is 0.782. The minimum absolute atomic E-state index is 0.0573. The van der Waals surface area contributed by atoms with Crippen LogP contribution in [-0.4, -0.2) is 133 Å². The third kappa shape index (κ3) is 16.9. The summed E-state index contributed by atoms with van der Waals surface area (Å²) < 4.78 is 10.3. The van der Waals surface area contributed by atoms with Crippen LogP contribution in [-0.2, 0) is 87.7 Å². The molecule has 0 aliphatic carbocycles. The van der Waals surface area contributed by atoms with Crippen LogP contribution in [0.5, 0.6) is 0 Å². The summed E-state index contributed by atoms with van der Waals surface area (Å²) >= 11 is 0. The molecule has 7 heterocycles. The van der Waals surface area contributed by atoms with Crippen molar-refractivity contribution in [3.05, 3.63) is 85.1 Å². The molecule has 448 valence electrons. The van der Waals surface area contributed by atoms with E-state index in [1.807, 2.05) is 0 Å². The van der Waals surface area contributed by atoms with Gasteiger partial charge >= 0.3 is 5.97 Å². The molecule has 0 aliphatic heterocycles. The van der Waals surface area contributed by atoms with Gasteiger partial charge in [0.15, 0.2) is 23.3 Å². The van der Waals surface area contributed by atoms with Crippen LogP contribution >= 0.6 is 0 Å². The molecule has 10 amide bonds. The van der Waals surface area contributed by atoms with Gasteiger partial charge in [0.05, 0.1) is 29.9 Å². The molecule has 0 saturated carbocycles. The Morgan fingerprint density at radius 2 is 0.906 bits per heavy atom. The summed E-state index contributed by atoms with van der Waals surface area (Å²) in [5.74, 6) is -6.19. The number of imidazole rings is 4. The van der Waals surface area contributed by atoms with Crippen molar-refractivity contribution in [2.75, 3.05) is 53.2 Å². The predicted molar refractivity (Wildman–Crippen MR) is 304 cm³/mol. The number of anilines is 10. The first-order valence-corrected chi connectivity index (χ1v) is 25.8. The van der Waals surface area contributed by atoms with Crippen LogP contribution in [0.2, 0.25) is 0 Å². The third-order valence-corrected chi connectivity index (χ3v) is 12.3. The summed E-state index contributed by atoms with van der Waals surface area (Å²) in [5.41, 5.74) is 1.05. The topological polar surface area (TPSA) is 435 Å². The van der Waals surface area contributed by atoms with E-state index in [0.29, 0.717) is 11.5 Å². The summed E-state index contributed by atoms with van der Waals surface area (Å²) in [5, 5.41) is 45.3. The lowest BCUT2D eigenvalue weighted by Crippen LogP contribution is -2.32. The Labute approximate surface area is 481 Å². The summed E-state index contributed by atoms with van der Waals surface area (Å²) in [6.07, 6.45) is 8.35. The second kappa shape index (κ2) is 27.1. The average molecular weight is 1180 g/mol. The molecule has 0 aliphatic rings. The standard InChI is InChI=1S/C51H61N21O13/c1-66-16-15-52-44(66)48(84)54-28-19-36(69(4)22-28)63-42(79)20-31(73)47(83)59-33-24-70(5)45(57-33)49(85)55-29-18-35(68(3)23-29)62-38(75)10-8-9-37(74)56-32-25-71(6)50(60-32)64-40(77)12-11-39(76)53-27-17-30(67(2)21-27)46(82)58-34-26-72(7)51(61-34)65-41(78)13-14-43(80)81/h15-19,21-26,31,73H,8-14,20H2,1-7H3,(H,53,76)(H,54,84)(H,55,85)(H,56,74)(H,58,82)(H,59,83)(H,62,75)(H,63,79)(H,80,81)(H,60,64,77)(H,61,65,78)/t31-/m0/s1. The molecule has 34 nitrogen and oxygen atoms in total. The molecule has 34 heteroatoms. The molecule has 0 unspecified atom stereocenters. The van der Waals surface area contributed by atoms with Gasteiger partial charge in [-0.15, -0.1) is 0 Å². The van der Waals surface area contributed by atoms with Gasteiger partial charge in [0, 0.05) is 143 Å². The van der Waals surface area contributed by atoms with Gasteiger partial charge in [-0.25, -0.2) is 9.97 Å². The molecule has 0 fully saturated rings. The van der Waals surface area contributed by atoms with Crippen molar-refractivity contribution in [1.29, 1.82) is 0 Å². The molecule has 7 rings (SSSR count). The van der Waals surface area contributed by atoms with E-state index in [4.69, 9.17) is 5.11 Å². The number of aliphatic hydroxyl groups is 1. The lowest BCUT2D eigenvalue weighted by atomic mass is 10.2. The van der Waals surface area contributed by atoms with Gasteiger partial charge in [-0.1, -0.05) is 0 Å². The van der Waals surface area contributed by atoms with Gasteiger partial charge in [-0.3, -0.25) is 63.4 Å². The van der Waals surface area contributed by atoms with Crippen LogP contribution < -0.4 is 53.2 Å². The largest absolute Gasteiger partial charge is 0.481 e. The molecule has 7 aromatic heterocycles. The summed E-state index contributed by atoms with van der Waals surface area (Å²) in [6.45, 7) is 0. The zero-order valence-electron chi connectivity index (χ0n) is 46.9. The summed E-state index contributed by atoms with van der Waals surface area (Å²) in [4.78, 5) is 155. The van der Waals surface area contributed by atoms with Crippen molar-refractivity contribution in [2.45, 2.75) is 57.5 Å². The first kappa shape index (κ1) is 61.4. The van der Waals surface area contributed by atoms with Crippen molar-refractivity contribution in [2.24, 2.45) is 49.3 Å². The summed E-state index contributed by atoms with van der Waals surface area (Å²) in [6, 6.07) is 4.39. The number of carbonyl (C=O) groups is 11. The lowest BCUT2D eigenvalue weighted by Gasteiger charge is -2.10. The number of carbonyl (C=O) groups excluding carboxylic acids is 10. The highest BCUT2D eigenvalue weighted by atomic mass is 16.4. The summed E-state index contributed by atoms with van der Waals surface area (Å²) in [7, 11) is 11.1. The maximum Gasteiger partial charge on any atom is 0.303 e. The molecular formula is C51H61N21O13. The second-order valence-electron chi connectivity index (χ2n) is 19.3. The molecule has 0 radical (unpaired) electrons. The fraction of sp³-hybridized carbons (Fsp3) is 0.314. The number of aryl methyl sites for hydroxylation is 7.